The number of thiazole rings is 1. The van der Waals surface area contributed by atoms with Gasteiger partial charge in [-0.2, -0.15) is 0 Å². The van der Waals surface area contributed by atoms with Crippen LogP contribution in [0.5, 0.6) is 0 Å². The molecule has 2 atom stereocenters. The normalized spacial score (nSPS) is 18.3. The molecule has 34 heavy (non-hydrogen) atoms. The second-order valence-electron chi connectivity index (χ2n) is 8.46. The average Bonchev–Trinajstić information content (AvgIpc) is 3.44. The minimum Gasteiger partial charge on any atom is -0.483 e. The van der Waals surface area contributed by atoms with Crippen LogP contribution in [0.15, 0.2) is 36.8 Å². The molecule has 1 aliphatic heterocycles. The summed E-state index contributed by atoms with van der Waals surface area (Å²) in [6.07, 6.45) is 8.94. The van der Waals surface area contributed by atoms with Crippen LogP contribution in [0.1, 0.15) is 42.2 Å². The first kappa shape index (κ1) is 22.8. The van der Waals surface area contributed by atoms with Crippen LogP contribution >= 0.6 is 22.9 Å². The van der Waals surface area contributed by atoms with E-state index in [1.165, 1.54) is 4.88 Å². The van der Waals surface area contributed by atoms with E-state index in [4.69, 9.17) is 36.2 Å². The van der Waals surface area contributed by atoms with Gasteiger partial charge in [0.25, 0.3) is 6.47 Å². The molecule has 1 fully saturated rings. The summed E-state index contributed by atoms with van der Waals surface area (Å²) in [6.45, 7) is 4.76. The first-order valence-electron chi connectivity index (χ1n) is 11.1. The summed E-state index contributed by atoms with van der Waals surface area (Å²) in [6, 6.07) is 6.19. The van der Waals surface area contributed by atoms with Crippen LogP contribution in [0.4, 0.5) is 0 Å². The molecular formula is C24H24ClN5O3S. The first-order valence-corrected chi connectivity index (χ1v) is 12.2. The molecule has 0 amide bonds. The van der Waals surface area contributed by atoms with Crippen LogP contribution in [0, 0.1) is 6.92 Å². The third-order valence-electron chi connectivity index (χ3n) is 6.03. The molecule has 176 valence electrons. The predicted molar refractivity (Wildman–Crippen MR) is 133 cm³/mol. The SMILES string of the molecule is Cc1cn2cc(Cc3nc4cnc5ccc(Cl)cc5c4n3[C@@H]3CCO[C@H](C)C3)nc2s1.O=CO. The lowest BCUT2D eigenvalue weighted by molar-refractivity contribution is -0.122. The smallest absolute Gasteiger partial charge is 0.290 e. The van der Waals surface area contributed by atoms with Crippen molar-refractivity contribution in [2.75, 3.05) is 6.61 Å². The molecule has 0 spiro atoms. The summed E-state index contributed by atoms with van der Waals surface area (Å²) in [4.78, 5) is 25.1. The van der Waals surface area contributed by atoms with Crippen molar-refractivity contribution in [1.29, 1.82) is 0 Å². The highest BCUT2D eigenvalue weighted by atomic mass is 35.5. The molecule has 0 unspecified atom stereocenters. The van der Waals surface area contributed by atoms with E-state index in [1.807, 2.05) is 24.4 Å². The molecule has 5 heterocycles. The number of hydrogen-bond acceptors (Lipinski definition) is 6. The van der Waals surface area contributed by atoms with Crippen LogP contribution < -0.4 is 0 Å². The van der Waals surface area contributed by atoms with Crippen molar-refractivity contribution < 1.29 is 14.6 Å². The minimum absolute atomic E-state index is 0.224. The minimum atomic E-state index is -0.250. The van der Waals surface area contributed by atoms with E-state index in [0.29, 0.717) is 17.5 Å². The lowest BCUT2D eigenvalue weighted by Crippen LogP contribution is -2.26. The maximum atomic E-state index is 8.36. The van der Waals surface area contributed by atoms with Gasteiger partial charge in [0.05, 0.1) is 29.0 Å². The van der Waals surface area contributed by atoms with Gasteiger partial charge in [-0.3, -0.25) is 14.2 Å². The van der Waals surface area contributed by atoms with Gasteiger partial charge in [0.1, 0.15) is 11.3 Å². The maximum absolute atomic E-state index is 8.36. The van der Waals surface area contributed by atoms with Crippen molar-refractivity contribution in [2.45, 2.75) is 45.3 Å². The van der Waals surface area contributed by atoms with E-state index in [1.54, 1.807) is 11.3 Å². The molecule has 0 bridgehead atoms. The lowest BCUT2D eigenvalue weighted by atomic mass is 10.0. The van der Waals surface area contributed by atoms with Gasteiger partial charge in [-0.25, -0.2) is 9.97 Å². The van der Waals surface area contributed by atoms with Crippen LogP contribution in [0.3, 0.4) is 0 Å². The number of aromatic nitrogens is 5. The maximum Gasteiger partial charge on any atom is 0.290 e. The van der Waals surface area contributed by atoms with Crippen molar-refractivity contribution in [3.05, 3.63) is 58.2 Å². The molecule has 1 N–H and O–H groups in total. The summed E-state index contributed by atoms with van der Waals surface area (Å²) >= 11 is 8.08. The standard InChI is InChI=1S/C23H22ClN5OS.CH2O2/c1-13-7-17(5-6-30-13)29-21(9-16-12-28-11-14(2)31-23(28)26-16)27-20-10-25-19-4-3-15(24)8-18(19)22(20)29;2-1-3/h3-4,8,10-13,17H,5-7,9H2,1-2H3;1H,(H,2,3)/t13-,17-;/m1./s1. The van der Waals surface area contributed by atoms with Gasteiger partial charge in [-0.1, -0.05) is 11.6 Å². The number of fused-ring (bicyclic) bond motifs is 4. The highest BCUT2D eigenvalue weighted by molar-refractivity contribution is 7.16. The number of benzene rings is 1. The highest BCUT2D eigenvalue weighted by Gasteiger charge is 2.26. The zero-order valence-corrected chi connectivity index (χ0v) is 20.4. The Morgan fingerprint density at radius 2 is 2.12 bits per heavy atom. The quantitative estimate of drug-likeness (QED) is 0.340. The van der Waals surface area contributed by atoms with E-state index in [0.717, 1.165) is 57.9 Å². The van der Waals surface area contributed by atoms with E-state index < -0.39 is 0 Å². The summed E-state index contributed by atoms with van der Waals surface area (Å²) in [7, 11) is 0. The highest BCUT2D eigenvalue weighted by Crippen LogP contribution is 2.35. The number of halogens is 1. The molecule has 0 radical (unpaired) electrons. The molecule has 0 aliphatic carbocycles. The molecule has 8 nitrogen and oxygen atoms in total. The van der Waals surface area contributed by atoms with Crippen LogP contribution in [-0.4, -0.2) is 48.2 Å². The number of nitrogens with zero attached hydrogens (tertiary/aromatic N) is 5. The summed E-state index contributed by atoms with van der Waals surface area (Å²) in [5.41, 5.74) is 3.97. The monoisotopic (exact) mass is 497 g/mol. The number of aryl methyl sites for hydroxylation is 1. The number of carboxylic acid groups (broad SMARTS) is 1. The van der Waals surface area contributed by atoms with Crippen LogP contribution in [0.25, 0.3) is 26.9 Å². The van der Waals surface area contributed by atoms with E-state index >= 15 is 0 Å². The number of rotatable bonds is 3. The molecule has 6 rings (SSSR count). The molecular weight excluding hydrogens is 474 g/mol. The van der Waals surface area contributed by atoms with Gasteiger partial charge >= 0.3 is 0 Å². The Morgan fingerprint density at radius 3 is 2.88 bits per heavy atom. The van der Waals surface area contributed by atoms with Gasteiger partial charge < -0.3 is 14.4 Å². The molecule has 4 aromatic heterocycles. The first-order chi connectivity index (χ1) is 16.5. The molecule has 1 saturated heterocycles. The van der Waals surface area contributed by atoms with E-state index in [9.17, 15) is 0 Å². The lowest BCUT2D eigenvalue weighted by Gasteiger charge is -2.30. The van der Waals surface area contributed by atoms with Gasteiger partial charge in [0, 0.05) is 46.7 Å². The fourth-order valence-corrected chi connectivity index (χ4v) is 5.73. The molecule has 1 aromatic carbocycles. The van der Waals surface area contributed by atoms with Crippen LogP contribution in [-0.2, 0) is 16.0 Å². The van der Waals surface area contributed by atoms with E-state index in [-0.39, 0.29) is 12.6 Å². The summed E-state index contributed by atoms with van der Waals surface area (Å²) < 4.78 is 10.4. The third-order valence-corrected chi connectivity index (χ3v) is 7.18. The number of hydrogen-bond donors (Lipinski definition) is 1. The number of carbonyl (C=O) groups is 1. The van der Waals surface area contributed by atoms with Gasteiger partial charge in [-0.05, 0) is 44.9 Å². The fourth-order valence-electron chi connectivity index (χ4n) is 4.73. The largest absolute Gasteiger partial charge is 0.483 e. The zero-order chi connectivity index (χ0) is 23.8. The molecule has 5 aromatic rings. The van der Waals surface area contributed by atoms with Crippen molar-refractivity contribution >= 4 is 56.3 Å². The van der Waals surface area contributed by atoms with Crippen molar-refractivity contribution in [3.8, 4) is 0 Å². The second-order valence-corrected chi connectivity index (χ2v) is 10.1. The second kappa shape index (κ2) is 9.32. The molecule has 1 aliphatic rings. The molecule has 10 heteroatoms. The fraction of sp³-hybridized carbons (Fsp3) is 0.333. The average molecular weight is 498 g/mol. The zero-order valence-electron chi connectivity index (χ0n) is 18.8. The Bertz CT molecular complexity index is 1460. The van der Waals surface area contributed by atoms with Crippen molar-refractivity contribution in [2.24, 2.45) is 0 Å². The van der Waals surface area contributed by atoms with Gasteiger partial charge in [-0.15, -0.1) is 11.3 Å². The Morgan fingerprint density at radius 1 is 1.29 bits per heavy atom. The Hall–Kier alpha value is -3.01. The van der Waals surface area contributed by atoms with Gasteiger partial charge in [0.15, 0.2) is 4.96 Å². The number of imidazole rings is 2. The number of pyridine rings is 1. The third kappa shape index (κ3) is 4.26. The summed E-state index contributed by atoms with van der Waals surface area (Å²) in [5, 5.41) is 8.64. The Labute approximate surface area is 204 Å². The number of ether oxygens (including phenoxy) is 1. The van der Waals surface area contributed by atoms with Gasteiger partial charge in [0.2, 0.25) is 0 Å². The Balaban J connectivity index is 0.000000764. The van der Waals surface area contributed by atoms with Crippen LogP contribution in [0.2, 0.25) is 5.02 Å². The van der Waals surface area contributed by atoms with E-state index in [2.05, 4.69) is 40.2 Å². The summed E-state index contributed by atoms with van der Waals surface area (Å²) in [5.74, 6) is 1.02. The van der Waals surface area contributed by atoms with Crippen molar-refractivity contribution in [1.82, 2.24) is 23.9 Å². The predicted octanol–water partition coefficient (Wildman–Crippen LogP) is 5.29. The molecule has 0 saturated carbocycles. The Kier molecular flexibility index (Phi) is 6.24. The van der Waals surface area contributed by atoms with Crippen molar-refractivity contribution in [3.63, 3.8) is 0 Å². The topological polar surface area (TPSA) is 94.5 Å².